The molecule has 1 saturated heterocycles. The van der Waals surface area contributed by atoms with Crippen LogP contribution < -0.4 is 10.6 Å². The molecule has 1 aliphatic rings. The van der Waals surface area contributed by atoms with E-state index in [4.69, 9.17) is 4.74 Å². The average Bonchev–Trinajstić information content (AvgIpc) is 2.64. The van der Waals surface area contributed by atoms with E-state index in [-0.39, 0.29) is 23.9 Å². The van der Waals surface area contributed by atoms with Crippen molar-refractivity contribution in [2.75, 3.05) is 40.4 Å². The van der Waals surface area contributed by atoms with Crippen LogP contribution in [-0.4, -0.2) is 63.3 Å². The lowest BCUT2D eigenvalue weighted by atomic mass is 10.0. The molecule has 17 heavy (non-hydrogen) atoms. The topological polar surface area (TPSA) is 53.6 Å². The van der Waals surface area contributed by atoms with Crippen LogP contribution in [0.15, 0.2) is 0 Å². The largest absolute Gasteiger partial charge is 0.379 e. The van der Waals surface area contributed by atoms with E-state index in [9.17, 15) is 4.79 Å². The van der Waals surface area contributed by atoms with Gasteiger partial charge in [-0.2, -0.15) is 0 Å². The molecule has 0 bridgehead atoms. The molecule has 1 rings (SSSR count). The van der Waals surface area contributed by atoms with Gasteiger partial charge in [0.05, 0.1) is 19.1 Å². The minimum atomic E-state index is -0.0560. The first-order chi connectivity index (χ1) is 8.04. The van der Waals surface area contributed by atoms with Crippen molar-refractivity contribution in [3.8, 4) is 0 Å². The van der Waals surface area contributed by atoms with Crippen LogP contribution in [0.4, 0.5) is 0 Å². The number of nitrogens with zero attached hydrogens (tertiary/aromatic N) is 1. The first kappa shape index (κ1) is 14.4. The first-order valence-corrected chi connectivity index (χ1v) is 6.30. The summed E-state index contributed by atoms with van der Waals surface area (Å²) < 4.78 is 5.37. The van der Waals surface area contributed by atoms with Crippen LogP contribution in [-0.2, 0) is 9.53 Å². The molecule has 0 saturated carbocycles. The van der Waals surface area contributed by atoms with Gasteiger partial charge < -0.3 is 20.3 Å². The van der Waals surface area contributed by atoms with Crippen LogP contribution in [0.3, 0.4) is 0 Å². The zero-order chi connectivity index (χ0) is 12.8. The minimum absolute atomic E-state index is 0.0560. The smallest absolute Gasteiger partial charge is 0.227 e. The van der Waals surface area contributed by atoms with Crippen molar-refractivity contribution in [2.24, 2.45) is 5.92 Å². The highest BCUT2D eigenvalue weighted by Gasteiger charge is 2.33. The van der Waals surface area contributed by atoms with Gasteiger partial charge in [0.1, 0.15) is 0 Å². The Kier molecular flexibility index (Phi) is 5.88. The Bertz CT molecular complexity index is 246. The van der Waals surface area contributed by atoms with Gasteiger partial charge in [0.15, 0.2) is 0 Å². The maximum absolute atomic E-state index is 12.1. The summed E-state index contributed by atoms with van der Waals surface area (Å²) in [6.45, 7) is 6.94. The molecule has 0 aromatic rings. The van der Waals surface area contributed by atoms with E-state index in [1.54, 1.807) is 0 Å². The maximum Gasteiger partial charge on any atom is 0.227 e. The van der Waals surface area contributed by atoms with Gasteiger partial charge in [-0.1, -0.05) is 6.92 Å². The second-order valence-electron chi connectivity index (χ2n) is 4.98. The van der Waals surface area contributed by atoms with Crippen LogP contribution in [0.25, 0.3) is 0 Å². The summed E-state index contributed by atoms with van der Waals surface area (Å²) in [5, 5.41) is 6.33. The molecule has 1 fully saturated rings. The molecule has 0 spiro atoms. The van der Waals surface area contributed by atoms with Crippen LogP contribution in [0.5, 0.6) is 0 Å². The summed E-state index contributed by atoms with van der Waals surface area (Å²) in [5.41, 5.74) is 0. The molecule has 0 radical (unpaired) electrons. The molecule has 5 nitrogen and oxygen atoms in total. The van der Waals surface area contributed by atoms with E-state index in [0.29, 0.717) is 13.2 Å². The summed E-state index contributed by atoms with van der Waals surface area (Å²) in [4.78, 5) is 14.1. The van der Waals surface area contributed by atoms with Crippen molar-refractivity contribution in [3.63, 3.8) is 0 Å². The lowest BCUT2D eigenvalue weighted by Crippen LogP contribution is -2.48. The summed E-state index contributed by atoms with van der Waals surface area (Å²) in [7, 11) is 4.01. The van der Waals surface area contributed by atoms with E-state index in [1.165, 1.54) is 0 Å². The lowest BCUT2D eigenvalue weighted by molar-refractivity contribution is -0.126. The molecule has 3 atom stereocenters. The van der Waals surface area contributed by atoms with Gasteiger partial charge in [0, 0.05) is 18.6 Å². The van der Waals surface area contributed by atoms with E-state index >= 15 is 0 Å². The lowest BCUT2D eigenvalue weighted by Gasteiger charge is -2.22. The van der Waals surface area contributed by atoms with Gasteiger partial charge in [0.2, 0.25) is 5.91 Å². The average molecular weight is 243 g/mol. The number of nitrogens with one attached hydrogen (secondary N) is 2. The normalized spacial score (nSPS) is 26.2. The molecular weight excluding hydrogens is 218 g/mol. The highest BCUT2D eigenvalue weighted by atomic mass is 16.5. The Hall–Kier alpha value is -0.650. The fraction of sp³-hybridized carbons (Fsp3) is 0.917. The SMILES string of the molecule is CCNC1COCC1C(=O)NC(C)CN(C)C. The molecule has 2 N–H and O–H groups in total. The highest BCUT2D eigenvalue weighted by molar-refractivity contribution is 5.80. The standard InChI is InChI=1S/C12H25N3O2/c1-5-13-11-8-17-7-10(11)12(16)14-9(2)6-15(3)4/h9-11,13H,5-8H2,1-4H3,(H,14,16). The Labute approximate surface area is 104 Å². The summed E-state index contributed by atoms with van der Waals surface area (Å²) in [6.07, 6.45) is 0. The van der Waals surface area contributed by atoms with E-state index in [1.807, 2.05) is 27.9 Å². The third-order valence-electron chi connectivity index (χ3n) is 2.91. The summed E-state index contributed by atoms with van der Waals surface area (Å²) in [6, 6.07) is 0.326. The molecule has 1 amide bonds. The van der Waals surface area contributed by atoms with E-state index < -0.39 is 0 Å². The third kappa shape index (κ3) is 4.61. The molecule has 1 aliphatic heterocycles. The zero-order valence-corrected chi connectivity index (χ0v) is 11.3. The fourth-order valence-corrected chi connectivity index (χ4v) is 2.22. The van der Waals surface area contributed by atoms with Crippen molar-refractivity contribution in [1.29, 1.82) is 0 Å². The Morgan fingerprint density at radius 3 is 2.76 bits per heavy atom. The number of carbonyl (C=O) groups excluding carboxylic acids is 1. The maximum atomic E-state index is 12.1. The monoisotopic (exact) mass is 243 g/mol. The van der Waals surface area contributed by atoms with Crippen LogP contribution in [0.2, 0.25) is 0 Å². The third-order valence-corrected chi connectivity index (χ3v) is 2.91. The Balaban J connectivity index is 2.40. The molecule has 5 heteroatoms. The number of amides is 1. The fourth-order valence-electron chi connectivity index (χ4n) is 2.22. The zero-order valence-electron chi connectivity index (χ0n) is 11.3. The molecule has 3 unspecified atom stereocenters. The summed E-state index contributed by atoms with van der Waals surface area (Å²) >= 11 is 0. The Morgan fingerprint density at radius 2 is 2.18 bits per heavy atom. The Morgan fingerprint density at radius 1 is 1.47 bits per heavy atom. The quantitative estimate of drug-likeness (QED) is 0.671. The molecular formula is C12H25N3O2. The van der Waals surface area contributed by atoms with Crippen LogP contribution in [0.1, 0.15) is 13.8 Å². The van der Waals surface area contributed by atoms with E-state index in [2.05, 4.69) is 15.5 Å². The number of carbonyl (C=O) groups is 1. The molecule has 0 aliphatic carbocycles. The van der Waals surface area contributed by atoms with Crippen LogP contribution in [0, 0.1) is 5.92 Å². The molecule has 0 aromatic heterocycles. The van der Waals surface area contributed by atoms with E-state index in [0.717, 1.165) is 13.1 Å². The number of likely N-dealkylation sites (N-methyl/N-ethyl adjacent to an activating group) is 2. The van der Waals surface area contributed by atoms with Crippen molar-refractivity contribution >= 4 is 5.91 Å². The van der Waals surface area contributed by atoms with Gasteiger partial charge in [0.25, 0.3) is 0 Å². The molecule has 0 aromatic carbocycles. The van der Waals surface area contributed by atoms with Crippen molar-refractivity contribution in [1.82, 2.24) is 15.5 Å². The van der Waals surface area contributed by atoms with Gasteiger partial charge in [-0.25, -0.2) is 0 Å². The molecule has 100 valence electrons. The van der Waals surface area contributed by atoms with Gasteiger partial charge in [-0.15, -0.1) is 0 Å². The first-order valence-electron chi connectivity index (χ1n) is 6.30. The second-order valence-corrected chi connectivity index (χ2v) is 4.98. The number of hydrogen-bond acceptors (Lipinski definition) is 4. The number of hydrogen-bond donors (Lipinski definition) is 2. The summed E-state index contributed by atoms with van der Waals surface area (Å²) in [5.74, 6) is 0.0439. The predicted octanol–water partition coefficient (Wildman–Crippen LogP) is -0.323. The minimum Gasteiger partial charge on any atom is -0.379 e. The molecule has 1 heterocycles. The number of ether oxygens (including phenoxy) is 1. The predicted molar refractivity (Wildman–Crippen MR) is 67.9 cm³/mol. The van der Waals surface area contributed by atoms with Crippen molar-refractivity contribution in [2.45, 2.75) is 25.9 Å². The highest BCUT2D eigenvalue weighted by Crippen LogP contribution is 2.14. The number of rotatable bonds is 6. The van der Waals surface area contributed by atoms with Crippen LogP contribution >= 0.6 is 0 Å². The van der Waals surface area contributed by atoms with Gasteiger partial charge >= 0.3 is 0 Å². The van der Waals surface area contributed by atoms with Gasteiger partial charge in [-0.3, -0.25) is 4.79 Å². The van der Waals surface area contributed by atoms with Gasteiger partial charge in [-0.05, 0) is 27.6 Å². The second kappa shape index (κ2) is 6.93. The van der Waals surface area contributed by atoms with Crippen molar-refractivity contribution in [3.05, 3.63) is 0 Å². The van der Waals surface area contributed by atoms with Crippen molar-refractivity contribution < 1.29 is 9.53 Å².